The summed E-state index contributed by atoms with van der Waals surface area (Å²) in [6, 6.07) is 12.7. The summed E-state index contributed by atoms with van der Waals surface area (Å²) in [5.74, 6) is 0.0128. The molecule has 2 saturated heterocycles. The lowest BCUT2D eigenvalue weighted by atomic mass is 9.87. The molecule has 2 fully saturated rings. The number of ether oxygens (including phenoxy) is 1. The van der Waals surface area contributed by atoms with Crippen molar-refractivity contribution < 1.29 is 9.53 Å². The van der Waals surface area contributed by atoms with Crippen LogP contribution < -0.4 is 9.80 Å². The summed E-state index contributed by atoms with van der Waals surface area (Å²) in [5.41, 5.74) is 7.94. The Morgan fingerprint density at radius 2 is 1.81 bits per heavy atom. The SMILES string of the molecule is CCN1C(=O)/C(=C\c2cc3c(cc2C)N(C)C(C)(C)C=C3C)SC1=Nc1ccc(N2CCOCC2)cc1. The van der Waals surface area contributed by atoms with Crippen molar-refractivity contribution in [3.05, 3.63) is 64.1 Å². The van der Waals surface area contributed by atoms with Gasteiger partial charge in [0.2, 0.25) is 0 Å². The number of allylic oxidation sites excluding steroid dienone is 1. The molecule has 2 aromatic carbocycles. The van der Waals surface area contributed by atoms with Crippen molar-refractivity contribution in [1.82, 2.24) is 4.90 Å². The summed E-state index contributed by atoms with van der Waals surface area (Å²) in [5, 5.41) is 0.728. The smallest absolute Gasteiger partial charge is 0.266 e. The highest BCUT2D eigenvalue weighted by Crippen LogP contribution is 2.41. The molecule has 37 heavy (non-hydrogen) atoms. The maximum Gasteiger partial charge on any atom is 0.266 e. The number of aryl methyl sites for hydroxylation is 1. The minimum Gasteiger partial charge on any atom is -0.378 e. The van der Waals surface area contributed by atoms with E-state index in [2.05, 4.69) is 74.9 Å². The van der Waals surface area contributed by atoms with E-state index in [1.807, 2.05) is 25.1 Å². The highest BCUT2D eigenvalue weighted by Gasteiger charge is 2.33. The van der Waals surface area contributed by atoms with Crippen LogP contribution in [0.2, 0.25) is 0 Å². The van der Waals surface area contributed by atoms with Gasteiger partial charge in [0.15, 0.2) is 5.17 Å². The number of thioether (sulfide) groups is 1. The van der Waals surface area contributed by atoms with Gasteiger partial charge in [0.1, 0.15) is 0 Å². The molecule has 0 aliphatic carbocycles. The molecule has 0 unspecified atom stereocenters. The minimum absolute atomic E-state index is 0.0128. The maximum absolute atomic E-state index is 13.3. The van der Waals surface area contributed by atoms with Crippen molar-refractivity contribution in [3.63, 3.8) is 0 Å². The van der Waals surface area contributed by atoms with Crippen LogP contribution in [0.4, 0.5) is 17.1 Å². The van der Waals surface area contributed by atoms with Crippen molar-refractivity contribution in [1.29, 1.82) is 0 Å². The molecule has 5 rings (SSSR count). The average Bonchev–Trinajstić information content (AvgIpc) is 3.17. The summed E-state index contributed by atoms with van der Waals surface area (Å²) >= 11 is 1.46. The van der Waals surface area contributed by atoms with Crippen LogP contribution in [-0.2, 0) is 9.53 Å². The normalized spacial score (nSPS) is 21.6. The van der Waals surface area contributed by atoms with E-state index in [0.29, 0.717) is 11.4 Å². The zero-order valence-corrected chi connectivity index (χ0v) is 23.5. The molecule has 7 heteroatoms. The van der Waals surface area contributed by atoms with E-state index < -0.39 is 0 Å². The molecule has 3 aliphatic heterocycles. The molecule has 3 heterocycles. The largest absolute Gasteiger partial charge is 0.378 e. The monoisotopic (exact) mass is 516 g/mol. The Morgan fingerprint density at radius 1 is 1.11 bits per heavy atom. The Labute approximate surface area is 224 Å². The standard InChI is InChI=1S/C30H36N4O2S/c1-7-34-28(35)27(18-22-17-25-21(3)19-30(4,5)32(6)26(25)16-20(22)2)37-29(34)31-23-8-10-24(11-9-23)33-12-14-36-15-13-33/h8-11,16-19H,7,12-15H2,1-6H3/b27-18+,31-29?. The number of carbonyl (C=O) groups excluding carboxylic acids is 1. The Bertz CT molecular complexity index is 1300. The molecule has 0 spiro atoms. The van der Waals surface area contributed by atoms with E-state index in [4.69, 9.17) is 9.73 Å². The number of anilines is 2. The fraction of sp³-hybridized carbons (Fsp3) is 0.400. The number of likely N-dealkylation sites (N-methyl/N-ethyl adjacent to an activating group) is 2. The number of aliphatic imine (C=N–C) groups is 1. The number of benzene rings is 2. The number of hydrogen-bond acceptors (Lipinski definition) is 6. The van der Waals surface area contributed by atoms with Gasteiger partial charge in [-0.15, -0.1) is 0 Å². The Hall–Kier alpha value is -3.03. The van der Waals surface area contributed by atoms with Gasteiger partial charge >= 0.3 is 0 Å². The van der Waals surface area contributed by atoms with Gasteiger partial charge in [-0.3, -0.25) is 9.69 Å². The second kappa shape index (κ2) is 10.0. The third-order valence-corrected chi connectivity index (χ3v) is 8.55. The number of morpholine rings is 1. The number of amidine groups is 1. The lowest BCUT2D eigenvalue weighted by Crippen LogP contribution is -2.42. The second-order valence-electron chi connectivity index (χ2n) is 10.4. The molecule has 0 aromatic heterocycles. The van der Waals surface area contributed by atoms with E-state index in [1.165, 1.54) is 34.3 Å². The van der Waals surface area contributed by atoms with E-state index in [0.717, 1.165) is 48.3 Å². The summed E-state index contributed by atoms with van der Waals surface area (Å²) in [4.78, 5) is 25.3. The van der Waals surface area contributed by atoms with E-state index >= 15 is 0 Å². The van der Waals surface area contributed by atoms with Crippen LogP contribution in [0.15, 0.2) is 52.4 Å². The van der Waals surface area contributed by atoms with Crippen molar-refractivity contribution >= 4 is 51.5 Å². The topological polar surface area (TPSA) is 48.4 Å². The van der Waals surface area contributed by atoms with Crippen LogP contribution in [0.5, 0.6) is 0 Å². The van der Waals surface area contributed by atoms with Crippen molar-refractivity contribution in [3.8, 4) is 0 Å². The first kappa shape index (κ1) is 25.6. The van der Waals surface area contributed by atoms with E-state index in [9.17, 15) is 4.79 Å². The van der Waals surface area contributed by atoms with E-state index in [-0.39, 0.29) is 11.4 Å². The molecule has 1 amide bonds. The second-order valence-corrected chi connectivity index (χ2v) is 11.4. The summed E-state index contributed by atoms with van der Waals surface area (Å²) in [6.07, 6.45) is 4.34. The quantitative estimate of drug-likeness (QED) is 0.461. The fourth-order valence-electron chi connectivity index (χ4n) is 5.15. The van der Waals surface area contributed by atoms with Crippen LogP contribution >= 0.6 is 11.8 Å². The Kier molecular flexibility index (Phi) is 6.94. The average molecular weight is 517 g/mol. The van der Waals surface area contributed by atoms with Gasteiger partial charge in [-0.25, -0.2) is 4.99 Å². The lowest BCUT2D eigenvalue weighted by molar-refractivity contribution is -0.122. The fourth-order valence-corrected chi connectivity index (χ4v) is 6.21. The summed E-state index contributed by atoms with van der Waals surface area (Å²) in [6.45, 7) is 14.7. The predicted octanol–water partition coefficient (Wildman–Crippen LogP) is 6.09. The number of nitrogens with zero attached hydrogens (tertiary/aromatic N) is 4. The van der Waals surface area contributed by atoms with Gasteiger partial charge in [-0.1, -0.05) is 6.08 Å². The third-order valence-electron chi connectivity index (χ3n) is 7.55. The van der Waals surface area contributed by atoms with Gasteiger partial charge in [-0.2, -0.15) is 0 Å². The Morgan fingerprint density at radius 3 is 2.49 bits per heavy atom. The van der Waals surface area contributed by atoms with Gasteiger partial charge in [0.05, 0.1) is 29.3 Å². The highest BCUT2D eigenvalue weighted by atomic mass is 32.2. The van der Waals surface area contributed by atoms with Crippen LogP contribution in [0.3, 0.4) is 0 Å². The molecule has 0 bridgehead atoms. The first-order valence-corrected chi connectivity index (χ1v) is 13.8. The molecular weight excluding hydrogens is 480 g/mol. The van der Waals surface area contributed by atoms with Crippen LogP contribution in [0, 0.1) is 6.92 Å². The highest BCUT2D eigenvalue weighted by molar-refractivity contribution is 8.18. The molecule has 6 nitrogen and oxygen atoms in total. The van der Waals surface area contributed by atoms with Crippen LogP contribution in [-0.4, -0.2) is 61.4 Å². The first-order valence-electron chi connectivity index (χ1n) is 13.0. The molecule has 0 radical (unpaired) electrons. The van der Waals surface area contributed by atoms with Crippen molar-refractivity contribution in [2.45, 2.75) is 40.2 Å². The summed E-state index contributed by atoms with van der Waals surface area (Å²) < 4.78 is 5.46. The van der Waals surface area contributed by atoms with Crippen LogP contribution in [0.1, 0.15) is 44.4 Å². The number of rotatable bonds is 4. The van der Waals surface area contributed by atoms with Crippen molar-refractivity contribution in [2.24, 2.45) is 4.99 Å². The van der Waals surface area contributed by atoms with Crippen LogP contribution in [0.25, 0.3) is 11.6 Å². The lowest BCUT2D eigenvalue weighted by Gasteiger charge is -2.41. The van der Waals surface area contributed by atoms with Gasteiger partial charge in [0.25, 0.3) is 5.91 Å². The zero-order chi connectivity index (χ0) is 26.3. The molecule has 2 aromatic rings. The van der Waals surface area contributed by atoms with Gasteiger partial charge in [-0.05, 0) is 106 Å². The molecule has 0 saturated carbocycles. The molecule has 3 aliphatic rings. The van der Waals surface area contributed by atoms with Gasteiger partial charge < -0.3 is 14.5 Å². The number of amides is 1. The Balaban J connectivity index is 1.42. The minimum atomic E-state index is -0.0336. The molecule has 0 N–H and O–H groups in total. The van der Waals surface area contributed by atoms with Gasteiger partial charge in [0, 0.05) is 43.6 Å². The first-order chi connectivity index (χ1) is 17.7. The maximum atomic E-state index is 13.3. The molecule has 194 valence electrons. The zero-order valence-electron chi connectivity index (χ0n) is 22.7. The molecular formula is C30H36N4O2S. The molecule has 0 atom stereocenters. The number of fused-ring (bicyclic) bond motifs is 1. The predicted molar refractivity (Wildman–Crippen MR) is 157 cm³/mol. The van der Waals surface area contributed by atoms with E-state index in [1.54, 1.807) is 4.90 Å². The van der Waals surface area contributed by atoms with Crippen molar-refractivity contribution in [2.75, 3.05) is 49.7 Å². The third kappa shape index (κ3) is 4.94. The number of hydrogen-bond donors (Lipinski definition) is 0. The summed E-state index contributed by atoms with van der Waals surface area (Å²) in [7, 11) is 2.14. The number of carbonyl (C=O) groups is 1.